The number of amides is 1. The second-order valence-corrected chi connectivity index (χ2v) is 6.17. The van der Waals surface area contributed by atoms with E-state index >= 15 is 0 Å². The number of hydrogen-bond donors (Lipinski definition) is 1. The molecule has 23 heavy (non-hydrogen) atoms. The maximum absolute atomic E-state index is 11.8. The highest BCUT2D eigenvalue weighted by atomic mass is 35.5. The Labute approximate surface area is 139 Å². The molecule has 7 heteroatoms. The third-order valence-corrected chi connectivity index (χ3v) is 2.97. The lowest BCUT2D eigenvalue weighted by atomic mass is 10.2. The second kappa shape index (κ2) is 7.28. The minimum absolute atomic E-state index is 0.210. The summed E-state index contributed by atoms with van der Waals surface area (Å²) in [7, 11) is 0. The van der Waals surface area contributed by atoms with Gasteiger partial charge in [-0.3, -0.25) is 10.3 Å². The molecule has 0 bridgehead atoms. The summed E-state index contributed by atoms with van der Waals surface area (Å²) < 4.78 is 10.7. The van der Waals surface area contributed by atoms with Crippen LogP contribution in [0.2, 0.25) is 5.02 Å². The van der Waals surface area contributed by atoms with Crippen LogP contribution in [0.25, 0.3) is 0 Å². The lowest BCUT2D eigenvalue weighted by Gasteiger charge is -2.20. The molecule has 0 atom stereocenters. The topological polar surface area (TPSA) is 73.3 Å². The smallest absolute Gasteiger partial charge is 0.412 e. The molecule has 0 aliphatic carbocycles. The van der Waals surface area contributed by atoms with Gasteiger partial charge in [-0.1, -0.05) is 11.6 Å². The van der Waals surface area contributed by atoms with Gasteiger partial charge in [0.1, 0.15) is 12.2 Å². The first-order valence-electron chi connectivity index (χ1n) is 7.01. The average Bonchev–Trinajstić information content (AvgIpc) is 2.47. The maximum atomic E-state index is 11.8. The summed E-state index contributed by atoms with van der Waals surface area (Å²) in [5.74, 6) is 0.397. The molecule has 0 saturated carbocycles. The van der Waals surface area contributed by atoms with Crippen LogP contribution in [0.4, 0.5) is 10.5 Å². The van der Waals surface area contributed by atoms with Crippen molar-refractivity contribution in [3.05, 3.63) is 47.4 Å². The number of rotatable bonds is 4. The van der Waals surface area contributed by atoms with Crippen LogP contribution in [-0.4, -0.2) is 21.7 Å². The summed E-state index contributed by atoms with van der Waals surface area (Å²) >= 11 is 6.15. The van der Waals surface area contributed by atoms with E-state index in [4.69, 9.17) is 21.1 Å². The van der Waals surface area contributed by atoms with E-state index in [0.29, 0.717) is 22.2 Å². The zero-order valence-corrected chi connectivity index (χ0v) is 13.9. The Hall–Kier alpha value is -2.34. The normalized spacial score (nSPS) is 11.0. The van der Waals surface area contributed by atoms with Crippen molar-refractivity contribution in [1.29, 1.82) is 0 Å². The zero-order valence-electron chi connectivity index (χ0n) is 13.2. The van der Waals surface area contributed by atoms with Gasteiger partial charge in [0.2, 0.25) is 5.88 Å². The van der Waals surface area contributed by atoms with Crippen LogP contribution >= 0.6 is 11.6 Å². The van der Waals surface area contributed by atoms with Crippen molar-refractivity contribution in [2.75, 3.05) is 5.32 Å². The molecule has 0 aliphatic heterocycles. The molecule has 1 aromatic carbocycles. The molecule has 6 nitrogen and oxygen atoms in total. The van der Waals surface area contributed by atoms with E-state index in [1.54, 1.807) is 45.2 Å². The van der Waals surface area contributed by atoms with Gasteiger partial charge in [0.05, 0.1) is 6.20 Å². The molecule has 0 radical (unpaired) electrons. The number of carbonyl (C=O) groups is 1. The van der Waals surface area contributed by atoms with Crippen LogP contribution in [0.15, 0.2) is 36.8 Å². The van der Waals surface area contributed by atoms with Crippen LogP contribution in [0.5, 0.6) is 5.88 Å². The molecule has 122 valence electrons. The highest BCUT2D eigenvalue weighted by molar-refractivity contribution is 6.31. The summed E-state index contributed by atoms with van der Waals surface area (Å²) in [6, 6.07) is 5.10. The molecule has 2 aromatic rings. The molecular weight excluding hydrogens is 318 g/mol. The Balaban J connectivity index is 2.02. The number of benzene rings is 1. The summed E-state index contributed by atoms with van der Waals surface area (Å²) in [6.07, 6.45) is 4.08. The van der Waals surface area contributed by atoms with Gasteiger partial charge < -0.3 is 9.47 Å². The molecule has 1 aromatic heterocycles. The van der Waals surface area contributed by atoms with Crippen LogP contribution in [0.3, 0.4) is 0 Å². The van der Waals surface area contributed by atoms with Gasteiger partial charge >= 0.3 is 6.09 Å². The summed E-state index contributed by atoms with van der Waals surface area (Å²) in [5.41, 5.74) is 0.723. The molecule has 1 N–H and O–H groups in total. The van der Waals surface area contributed by atoms with E-state index < -0.39 is 11.7 Å². The van der Waals surface area contributed by atoms with Crippen LogP contribution in [0.1, 0.15) is 26.3 Å². The van der Waals surface area contributed by atoms with Gasteiger partial charge in [-0.25, -0.2) is 9.78 Å². The van der Waals surface area contributed by atoms with Crippen molar-refractivity contribution in [3.63, 3.8) is 0 Å². The van der Waals surface area contributed by atoms with E-state index in [0.717, 1.165) is 0 Å². The van der Waals surface area contributed by atoms with E-state index in [-0.39, 0.29) is 6.61 Å². The first kappa shape index (κ1) is 17.0. The third kappa shape index (κ3) is 5.75. The Morgan fingerprint density at radius 2 is 2.09 bits per heavy atom. The monoisotopic (exact) mass is 335 g/mol. The first-order chi connectivity index (χ1) is 10.8. The lowest BCUT2D eigenvalue weighted by Crippen LogP contribution is -2.27. The van der Waals surface area contributed by atoms with Gasteiger partial charge in [-0.05, 0) is 39.0 Å². The van der Waals surface area contributed by atoms with Gasteiger partial charge in [0.15, 0.2) is 0 Å². The first-order valence-corrected chi connectivity index (χ1v) is 7.38. The number of nitrogens with zero attached hydrogens (tertiary/aromatic N) is 2. The summed E-state index contributed by atoms with van der Waals surface area (Å²) in [5, 5.41) is 3.19. The second-order valence-electron chi connectivity index (χ2n) is 5.77. The summed E-state index contributed by atoms with van der Waals surface area (Å²) in [4.78, 5) is 19.7. The molecule has 1 amide bonds. The number of ether oxygens (including phenoxy) is 2. The fraction of sp³-hybridized carbons (Fsp3) is 0.312. The third-order valence-electron chi connectivity index (χ3n) is 2.61. The Bertz CT molecular complexity index is 672. The standard InChI is InChI=1S/C16H18ClN3O3/c1-16(2,3)23-15(21)20-12-4-5-13(17)11(8-12)10-22-14-9-18-6-7-19-14/h4-9H,10H2,1-3H3,(H,20,21). The quantitative estimate of drug-likeness (QED) is 0.912. The largest absolute Gasteiger partial charge is 0.472 e. The number of hydrogen-bond acceptors (Lipinski definition) is 5. The Morgan fingerprint density at radius 1 is 1.30 bits per heavy atom. The van der Waals surface area contributed by atoms with Gasteiger partial charge in [0, 0.05) is 28.7 Å². The van der Waals surface area contributed by atoms with E-state index in [1.165, 1.54) is 12.4 Å². The van der Waals surface area contributed by atoms with Crippen molar-refractivity contribution >= 4 is 23.4 Å². The van der Waals surface area contributed by atoms with Crippen LogP contribution < -0.4 is 10.1 Å². The van der Waals surface area contributed by atoms with Crippen LogP contribution in [0, 0.1) is 0 Å². The molecule has 0 saturated heterocycles. The van der Waals surface area contributed by atoms with Crippen molar-refractivity contribution in [2.45, 2.75) is 33.0 Å². The zero-order chi connectivity index (χ0) is 16.9. The predicted molar refractivity (Wildman–Crippen MR) is 87.7 cm³/mol. The number of carbonyl (C=O) groups excluding carboxylic acids is 1. The van der Waals surface area contributed by atoms with Gasteiger partial charge in [0.25, 0.3) is 0 Å². The van der Waals surface area contributed by atoms with Crippen molar-refractivity contribution in [3.8, 4) is 5.88 Å². The number of halogens is 1. The van der Waals surface area contributed by atoms with Crippen molar-refractivity contribution < 1.29 is 14.3 Å². The Morgan fingerprint density at radius 3 is 2.74 bits per heavy atom. The van der Waals surface area contributed by atoms with Crippen molar-refractivity contribution in [1.82, 2.24) is 9.97 Å². The van der Waals surface area contributed by atoms with Gasteiger partial charge in [-0.15, -0.1) is 0 Å². The maximum Gasteiger partial charge on any atom is 0.412 e. The van der Waals surface area contributed by atoms with E-state index in [1.807, 2.05) is 0 Å². The summed E-state index contributed by atoms with van der Waals surface area (Å²) in [6.45, 7) is 5.61. The highest BCUT2D eigenvalue weighted by Crippen LogP contribution is 2.22. The van der Waals surface area contributed by atoms with Crippen molar-refractivity contribution in [2.24, 2.45) is 0 Å². The Kier molecular flexibility index (Phi) is 5.39. The minimum Gasteiger partial charge on any atom is -0.472 e. The SMILES string of the molecule is CC(C)(C)OC(=O)Nc1ccc(Cl)c(COc2cnccn2)c1. The molecule has 0 unspecified atom stereocenters. The molecule has 2 rings (SSSR count). The molecular formula is C16H18ClN3O3. The van der Waals surface area contributed by atoms with Crippen LogP contribution in [-0.2, 0) is 11.3 Å². The van der Waals surface area contributed by atoms with E-state index in [2.05, 4.69) is 15.3 Å². The highest BCUT2D eigenvalue weighted by Gasteiger charge is 2.16. The van der Waals surface area contributed by atoms with Gasteiger partial charge in [-0.2, -0.15) is 0 Å². The molecule has 0 aliphatic rings. The van der Waals surface area contributed by atoms with E-state index in [9.17, 15) is 4.79 Å². The predicted octanol–water partition coefficient (Wildman–Crippen LogP) is 4.06. The fourth-order valence-electron chi connectivity index (χ4n) is 1.70. The molecule has 0 spiro atoms. The number of aromatic nitrogens is 2. The lowest BCUT2D eigenvalue weighted by molar-refractivity contribution is 0.0636. The number of nitrogens with one attached hydrogen (secondary N) is 1. The minimum atomic E-state index is -0.561. The number of anilines is 1. The molecule has 1 heterocycles. The average molecular weight is 336 g/mol. The fourth-order valence-corrected chi connectivity index (χ4v) is 1.87. The molecule has 0 fully saturated rings.